The van der Waals surface area contributed by atoms with Crippen LogP contribution < -0.4 is 5.69 Å². The van der Waals surface area contributed by atoms with Gasteiger partial charge in [0.15, 0.2) is 0 Å². The predicted octanol–water partition coefficient (Wildman–Crippen LogP) is 2.16. The van der Waals surface area contributed by atoms with E-state index in [-0.39, 0.29) is 11.3 Å². The Kier molecular flexibility index (Phi) is 2.90. The van der Waals surface area contributed by atoms with Crippen molar-refractivity contribution in [3.63, 3.8) is 0 Å². The van der Waals surface area contributed by atoms with Crippen molar-refractivity contribution in [2.75, 3.05) is 0 Å². The molecule has 0 saturated carbocycles. The lowest BCUT2D eigenvalue weighted by Crippen LogP contribution is -2.14. The Morgan fingerprint density at radius 3 is 2.67 bits per heavy atom. The molecule has 0 spiro atoms. The normalized spacial score (nSPS) is 11.6. The number of aromatic amines is 1. The Morgan fingerprint density at radius 1 is 1.28 bits per heavy atom. The first kappa shape index (κ1) is 12.3. The van der Waals surface area contributed by atoms with Crippen molar-refractivity contribution in [1.82, 2.24) is 15.0 Å². The Morgan fingerprint density at radius 2 is 2.00 bits per heavy atom. The van der Waals surface area contributed by atoms with Gasteiger partial charge in [-0.05, 0) is 18.6 Å². The number of nitrogens with zero attached hydrogens (tertiary/aromatic N) is 2. The van der Waals surface area contributed by atoms with E-state index in [1.54, 1.807) is 6.92 Å². The van der Waals surface area contributed by atoms with Gasteiger partial charge in [-0.3, -0.25) is 4.98 Å². The molecule has 4 nitrogen and oxygen atoms in total. The smallest absolute Gasteiger partial charge is 0.305 e. The van der Waals surface area contributed by atoms with E-state index in [2.05, 4.69) is 15.0 Å². The molecule has 0 radical (unpaired) electrons. The molecule has 2 aromatic heterocycles. The molecule has 94 valence electrons. The van der Waals surface area contributed by atoms with Gasteiger partial charge in [0.05, 0.1) is 11.3 Å². The van der Waals surface area contributed by atoms with Crippen molar-refractivity contribution in [3.05, 3.63) is 46.3 Å². The van der Waals surface area contributed by atoms with Crippen LogP contribution in [0, 0.1) is 6.92 Å². The summed E-state index contributed by atoms with van der Waals surface area (Å²) in [5.41, 5.74) is -1.19. The molecule has 0 aliphatic carbocycles. The molecule has 18 heavy (non-hydrogen) atoms. The van der Waals surface area contributed by atoms with Gasteiger partial charge in [-0.15, -0.1) is 0 Å². The molecular formula is C11H8F3N3O. The Bertz CT molecular complexity index is 634. The summed E-state index contributed by atoms with van der Waals surface area (Å²) < 4.78 is 38.5. The number of rotatable bonds is 1. The summed E-state index contributed by atoms with van der Waals surface area (Å²) in [6.45, 7) is 1.56. The van der Waals surface area contributed by atoms with Crippen LogP contribution in [0.15, 0.2) is 29.5 Å². The molecule has 0 saturated heterocycles. The van der Waals surface area contributed by atoms with Gasteiger partial charge in [-0.1, -0.05) is 0 Å². The number of hydrogen-bond donors (Lipinski definition) is 1. The number of alkyl halides is 3. The Labute approximate surface area is 99.5 Å². The molecule has 0 aliphatic rings. The fraction of sp³-hybridized carbons (Fsp3) is 0.182. The van der Waals surface area contributed by atoms with Crippen LogP contribution in [0.1, 0.15) is 11.1 Å². The predicted molar refractivity (Wildman–Crippen MR) is 57.8 cm³/mol. The van der Waals surface area contributed by atoms with E-state index in [0.29, 0.717) is 5.56 Å². The summed E-state index contributed by atoms with van der Waals surface area (Å²) in [6, 6.07) is 0.869. The minimum Gasteiger partial charge on any atom is -0.305 e. The van der Waals surface area contributed by atoms with Crippen LogP contribution in [-0.4, -0.2) is 15.0 Å². The molecule has 0 aromatic carbocycles. The van der Waals surface area contributed by atoms with Crippen LogP contribution in [0.2, 0.25) is 0 Å². The highest BCUT2D eigenvalue weighted by molar-refractivity contribution is 5.65. The minimum absolute atomic E-state index is 0.0791. The maximum Gasteiger partial charge on any atom is 0.417 e. The number of halogens is 3. The van der Waals surface area contributed by atoms with Gasteiger partial charge in [-0.2, -0.15) is 13.2 Å². The Balaban J connectivity index is 2.72. The van der Waals surface area contributed by atoms with Gasteiger partial charge in [0.25, 0.3) is 0 Å². The van der Waals surface area contributed by atoms with Gasteiger partial charge in [0, 0.05) is 24.2 Å². The second kappa shape index (κ2) is 4.25. The second-order valence-electron chi connectivity index (χ2n) is 3.67. The van der Waals surface area contributed by atoms with Crippen LogP contribution in [0.25, 0.3) is 11.3 Å². The quantitative estimate of drug-likeness (QED) is 0.849. The van der Waals surface area contributed by atoms with Crippen molar-refractivity contribution < 1.29 is 13.2 Å². The molecule has 0 atom stereocenters. The third kappa shape index (κ3) is 2.24. The lowest BCUT2D eigenvalue weighted by atomic mass is 10.0. The molecule has 0 aliphatic heterocycles. The van der Waals surface area contributed by atoms with Crippen LogP contribution in [0.3, 0.4) is 0 Å². The summed E-state index contributed by atoms with van der Waals surface area (Å²) in [4.78, 5) is 20.5. The molecule has 0 unspecified atom stereocenters. The highest BCUT2D eigenvalue weighted by Crippen LogP contribution is 2.36. The summed E-state index contributed by atoms with van der Waals surface area (Å²) >= 11 is 0. The summed E-state index contributed by atoms with van der Waals surface area (Å²) in [5.74, 6) is 0. The number of aryl methyl sites for hydroxylation is 1. The third-order valence-corrected chi connectivity index (χ3v) is 2.40. The van der Waals surface area contributed by atoms with E-state index in [9.17, 15) is 18.0 Å². The lowest BCUT2D eigenvalue weighted by Gasteiger charge is -2.13. The molecule has 2 rings (SSSR count). The first-order chi connectivity index (χ1) is 8.39. The maximum atomic E-state index is 12.8. The van der Waals surface area contributed by atoms with Crippen molar-refractivity contribution in [2.24, 2.45) is 0 Å². The lowest BCUT2D eigenvalue weighted by molar-refractivity contribution is -0.137. The first-order valence-corrected chi connectivity index (χ1v) is 4.97. The summed E-state index contributed by atoms with van der Waals surface area (Å²) in [5, 5.41) is 0. The third-order valence-electron chi connectivity index (χ3n) is 2.40. The highest BCUT2D eigenvalue weighted by atomic mass is 19.4. The molecule has 0 amide bonds. The van der Waals surface area contributed by atoms with Gasteiger partial charge in [0.1, 0.15) is 0 Å². The SMILES string of the molecule is Cc1cnc(=O)[nH]c1-c1cnccc1C(F)(F)F. The minimum atomic E-state index is -4.51. The molecule has 0 fully saturated rings. The molecule has 7 heteroatoms. The standard InChI is InChI=1S/C11H8F3N3O/c1-6-4-16-10(18)17-9(6)7-5-15-3-2-8(7)11(12,13)14/h2-5H,1H3,(H,16,17,18). The Hall–Kier alpha value is -2.18. The van der Waals surface area contributed by atoms with E-state index in [1.165, 1.54) is 6.20 Å². The first-order valence-electron chi connectivity index (χ1n) is 4.97. The number of nitrogens with one attached hydrogen (secondary N) is 1. The van der Waals surface area contributed by atoms with Crippen molar-refractivity contribution in [3.8, 4) is 11.3 Å². The molecular weight excluding hydrogens is 247 g/mol. The number of hydrogen-bond acceptors (Lipinski definition) is 3. The average Bonchev–Trinajstić information content (AvgIpc) is 2.31. The van der Waals surface area contributed by atoms with Crippen LogP contribution >= 0.6 is 0 Å². The van der Waals surface area contributed by atoms with E-state index < -0.39 is 17.4 Å². The van der Waals surface area contributed by atoms with Crippen LogP contribution in [-0.2, 0) is 6.18 Å². The molecule has 0 bridgehead atoms. The van der Waals surface area contributed by atoms with E-state index >= 15 is 0 Å². The van der Waals surface area contributed by atoms with Crippen molar-refractivity contribution in [2.45, 2.75) is 13.1 Å². The topological polar surface area (TPSA) is 58.6 Å². The van der Waals surface area contributed by atoms with Gasteiger partial charge in [-0.25, -0.2) is 9.78 Å². The van der Waals surface area contributed by atoms with Gasteiger partial charge >= 0.3 is 11.9 Å². The number of aromatic nitrogens is 3. The summed E-state index contributed by atoms with van der Waals surface area (Å²) in [7, 11) is 0. The highest BCUT2D eigenvalue weighted by Gasteiger charge is 2.34. The molecule has 2 aromatic rings. The van der Waals surface area contributed by atoms with Crippen LogP contribution in [0.5, 0.6) is 0 Å². The zero-order valence-electron chi connectivity index (χ0n) is 9.25. The van der Waals surface area contributed by atoms with Gasteiger partial charge < -0.3 is 4.98 Å². The zero-order chi connectivity index (χ0) is 13.3. The van der Waals surface area contributed by atoms with E-state index in [1.807, 2.05) is 0 Å². The largest absolute Gasteiger partial charge is 0.417 e. The van der Waals surface area contributed by atoms with Crippen LogP contribution in [0.4, 0.5) is 13.2 Å². The maximum absolute atomic E-state index is 12.8. The van der Waals surface area contributed by atoms with E-state index in [0.717, 1.165) is 18.5 Å². The van der Waals surface area contributed by atoms with Gasteiger partial charge in [0.2, 0.25) is 0 Å². The average molecular weight is 255 g/mol. The molecule has 2 heterocycles. The van der Waals surface area contributed by atoms with Crippen molar-refractivity contribution >= 4 is 0 Å². The van der Waals surface area contributed by atoms with Crippen molar-refractivity contribution in [1.29, 1.82) is 0 Å². The van der Waals surface area contributed by atoms with E-state index in [4.69, 9.17) is 0 Å². The number of H-pyrrole nitrogens is 1. The summed E-state index contributed by atoms with van der Waals surface area (Å²) in [6.07, 6.45) is -1.16. The monoisotopic (exact) mass is 255 g/mol. The fourth-order valence-electron chi connectivity index (χ4n) is 1.58. The second-order valence-corrected chi connectivity index (χ2v) is 3.67. The number of pyridine rings is 1. The molecule has 1 N–H and O–H groups in total. The zero-order valence-corrected chi connectivity index (χ0v) is 9.25. The fourth-order valence-corrected chi connectivity index (χ4v) is 1.58.